The molecular weight excluding hydrogens is 204 g/mol. The van der Waals surface area contributed by atoms with E-state index >= 15 is 0 Å². The Morgan fingerprint density at radius 1 is 1.69 bits per heavy atom. The predicted octanol–water partition coefficient (Wildman–Crippen LogP) is 0.791. The van der Waals surface area contributed by atoms with Crippen molar-refractivity contribution in [3.63, 3.8) is 0 Å². The van der Waals surface area contributed by atoms with E-state index in [1.54, 1.807) is 19.3 Å². The summed E-state index contributed by atoms with van der Waals surface area (Å²) in [6.07, 6.45) is 2.04. The van der Waals surface area contributed by atoms with Gasteiger partial charge in [-0.3, -0.25) is 9.78 Å². The van der Waals surface area contributed by atoms with Crippen molar-refractivity contribution in [2.45, 2.75) is 6.42 Å². The number of nitrogens with zero attached hydrogens (tertiary/aromatic N) is 3. The van der Waals surface area contributed by atoms with Crippen LogP contribution in [0.1, 0.15) is 16.9 Å². The minimum Gasteiger partial charge on any atom is -0.373 e. The van der Waals surface area contributed by atoms with Gasteiger partial charge in [0.2, 0.25) is 0 Å². The number of hydrogen-bond acceptors (Lipinski definition) is 4. The van der Waals surface area contributed by atoms with E-state index in [4.69, 9.17) is 5.26 Å². The van der Waals surface area contributed by atoms with Gasteiger partial charge in [0.1, 0.15) is 5.69 Å². The summed E-state index contributed by atoms with van der Waals surface area (Å²) in [5.41, 5.74) is 1.26. The number of pyridine rings is 1. The number of hydrogen-bond donors (Lipinski definition) is 1. The Kier molecular flexibility index (Phi) is 4.28. The number of anilines is 1. The molecule has 1 aromatic rings. The van der Waals surface area contributed by atoms with Crippen LogP contribution in [0.2, 0.25) is 0 Å². The van der Waals surface area contributed by atoms with Crippen molar-refractivity contribution in [1.82, 2.24) is 10.3 Å². The predicted molar refractivity (Wildman–Crippen MR) is 61.1 cm³/mol. The quantitative estimate of drug-likeness (QED) is 0.811. The first kappa shape index (κ1) is 12.0. The van der Waals surface area contributed by atoms with Crippen LogP contribution in [0.3, 0.4) is 0 Å². The van der Waals surface area contributed by atoms with E-state index in [1.807, 2.05) is 18.0 Å². The lowest BCUT2D eigenvalue weighted by Crippen LogP contribution is -2.22. The molecule has 0 atom stereocenters. The Hall–Kier alpha value is -2.09. The fraction of sp³-hybridized carbons (Fsp3) is 0.364. The van der Waals surface area contributed by atoms with Gasteiger partial charge in [0.05, 0.1) is 12.5 Å². The zero-order valence-corrected chi connectivity index (χ0v) is 9.40. The Balaban J connectivity index is 2.82. The van der Waals surface area contributed by atoms with E-state index in [2.05, 4.69) is 16.4 Å². The maximum Gasteiger partial charge on any atom is 0.269 e. The van der Waals surface area contributed by atoms with Crippen LogP contribution in [-0.2, 0) is 0 Å². The van der Waals surface area contributed by atoms with Crippen molar-refractivity contribution in [2.75, 3.05) is 25.5 Å². The van der Waals surface area contributed by atoms with E-state index in [-0.39, 0.29) is 5.91 Å². The van der Waals surface area contributed by atoms with Crippen LogP contribution in [0.15, 0.2) is 18.3 Å². The monoisotopic (exact) mass is 218 g/mol. The van der Waals surface area contributed by atoms with Crippen molar-refractivity contribution in [3.8, 4) is 6.07 Å². The third kappa shape index (κ3) is 2.95. The Morgan fingerprint density at radius 3 is 3.06 bits per heavy atom. The molecule has 5 heteroatoms. The zero-order chi connectivity index (χ0) is 12.0. The van der Waals surface area contributed by atoms with Crippen LogP contribution in [0, 0.1) is 11.3 Å². The van der Waals surface area contributed by atoms with Gasteiger partial charge in [-0.15, -0.1) is 0 Å². The molecule has 0 aliphatic rings. The standard InChI is InChI=1S/C11H14N4O/c1-13-11(16)10-8-9(4-6-14-10)15(2)7-3-5-12/h4,6,8H,3,7H2,1-2H3,(H,13,16). The Morgan fingerprint density at radius 2 is 2.44 bits per heavy atom. The second kappa shape index (κ2) is 5.71. The molecule has 0 aliphatic heterocycles. The van der Waals surface area contributed by atoms with Crippen molar-refractivity contribution >= 4 is 11.6 Å². The lowest BCUT2D eigenvalue weighted by atomic mass is 10.2. The first-order chi connectivity index (χ1) is 7.69. The summed E-state index contributed by atoms with van der Waals surface area (Å²) in [7, 11) is 3.44. The summed E-state index contributed by atoms with van der Waals surface area (Å²) >= 11 is 0. The fourth-order valence-corrected chi connectivity index (χ4v) is 1.26. The number of rotatable bonds is 4. The molecule has 0 bridgehead atoms. The highest BCUT2D eigenvalue weighted by atomic mass is 16.1. The SMILES string of the molecule is CNC(=O)c1cc(N(C)CCC#N)ccn1. The molecule has 0 saturated carbocycles. The molecule has 1 aromatic heterocycles. The minimum atomic E-state index is -0.212. The van der Waals surface area contributed by atoms with Gasteiger partial charge in [-0.1, -0.05) is 0 Å². The molecule has 5 nitrogen and oxygen atoms in total. The highest BCUT2D eigenvalue weighted by Crippen LogP contribution is 2.12. The number of aromatic nitrogens is 1. The lowest BCUT2D eigenvalue weighted by molar-refractivity contribution is 0.0958. The van der Waals surface area contributed by atoms with E-state index in [0.29, 0.717) is 18.7 Å². The number of nitriles is 1. The first-order valence-corrected chi connectivity index (χ1v) is 4.95. The normalized spacial score (nSPS) is 9.31. The molecule has 16 heavy (non-hydrogen) atoms. The molecule has 0 spiro atoms. The van der Waals surface area contributed by atoms with Gasteiger partial charge < -0.3 is 10.2 Å². The summed E-state index contributed by atoms with van der Waals surface area (Å²) in [5.74, 6) is -0.212. The maximum atomic E-state index is 11.4. The number of carbonyl (C=O) groups is 1. The van der Waals surface area contributed by atoms with E-state index in [9.17, 15) is 4.79 Å². The van der Waals surface area contributed by atoms with Crippen LogP contribution < -0.4 is 10.2 Å². The van der Waals surface area contributed by atoms with E-state index in [1.165, 1.54) is 0 Å². The largest absolute Gasteiger partial charge is 0.373 e. The van der Waals surface area contributed by atoms with Crippen LogP contribution >= 0.6 is 0 Å². The molecule has 1 N–H and O–H groups in total. The molecule has 0 unspecified atom stereocenters. The Labute approximate surface area is 94.7 Å². The van der Waals surface area contributed by atoms with Crippen molar-refractivity contribution in [3.05, 3.63) is 24.0 Å². The summed E-state index contributed by atoms with van der Waals surface area (Å²) in [4.78, 5) is 17.2. The topological polar surface area (TPSA) is 69.0 Å². The van der Waals surface area contributed by atoms with Crippen LogP contribution in [-0.4, -0.2) is 31.5 Å². The second-order valence-corrected chi connectivity index (χ2v) is 3.31. The van der Waals surface area contributed by atoms with Crippen LogP contribution in [0.25, 0.3) is 0 Å². The van der Waals surface area contributed by atoms with Gasteiger partial charge in [0.15, 0.2) is 0 Å². The molecular formula is C11H14N4O. The molecule has 1 amide bonds. The average Bonchev–Trinajstić information content (AvgIpc) is 2.35. The van der Waals surface area contributed by atoms with Crippen LogP contribution in [0.4, 0.5) is 5.69 Å². The Bertz CT molecular complexity index is 411. The summed E-state index contributed by atoms with van der Waals surface area (Å²) in [6, 6.07) is 5.59. The number of amides is 1. The molecule has 1 rings (SSSR count). The molecule has 0 aliphatic carbocycles. The maximum absolute atomic E-state index is 11.4. The van der Waals surface area contributed by atoms with Gasteiger partial charge in [0, 0.05) is 32.5 Å². The van der Waals surface area contributed by atoms with Crippen molar-refractivity contribution in [2.24, 2.45) is 0 Å². The second-order valence-electron chi connectivity index (χ2n) is 3.31. The highest BCUT2D eigenvalue weighted by Gasteiger charge is 2.07. The average molecular weight is 218 g/mol. The van der Waals surface area contributed by atoms with E-state index in [0.717, 1.165) is 5.69 Å². The fourth-order valence-electron chi connectivity index (χ4n) is 1.26. The summed E-state index contributed by atoms with van der Waals surface area (Å²) in [6.45, 7) is 0.633. The van der Waals surface area contributed by atoms with Crippen molar-refractivity contribution in [1.29, 1.82) is 5.26 Å². The number of nitrogens with one attached hydrogen (secondary N) is 1. The molecule has 84 valence electrons. The van der Waals surface area contributed by atoms with E-state index < -0.39 is 0 Å². The molecule has 0 saturated heterocycles. The summed E-state index contributed by atoms with van der Waals surface area (Å²) < 4.78 is 0. The zero-order valence-electron chi connectivity index (χ0n) is 9.40. The minimum absolute atomic E-state index is 0.212. The number of carbonyl (C=O) groups excluding carboxylic acids is 1. The van der Waals surface area contributed by atoms with Gasteiger partial charge in [-0.25, -0.2) is 0 Å². The molecule has 0 fully saturated rings. The summed E-state index contributed by atoms with van der Waals surface area (Å²) in [5, 5.41) is 11.0. The molecule has 0 aromatic carbocycles. The third-order valence-electron chi connectivity index (χ3n) is 2.20. The first-order valence-electron chi connectivity index (χ1n) is 4.95. The smallest absolute Gasteiger partial charge is 0.269 e. The van der Waals surface area contributed by atoms with Gasteiger partial charge in [0.25, 0.3) is 5.91 Å². The van der Waals surface area contributed by atoms with Gasteiger partial charge in [-0.05, 0) is 12.1 Å². The van der Waals surface area contributed by atoms with Crippen LogP contribution in [0.5, 0.6) is 0 Å². The molecule has 1 heterocycles. The molecule has 0 radical (unpaired) electrons. The lowest BCUT2D eigenvalue weighted by Gasteiger charge is -2.17. The third-order valence-corrected chi connectivity index (χ3v) is 2.20. The van der Waals surface area contributed by atoms with Gasteiger partial charge >= 0.3 is 0 Å². The van der Waals surface area contributed by atoms with Crippen molar-refractivity contribution < 1.29 is 4.79 Å². The van der Waals surface area contributed by atoms with Gasteiger partial charge in [-0.2, -0.15) is 5.26 Å². The highest BCUT2D eigenvalue weighted by molar-refractivity contribution is 5.92.